The van der Waals surface area contributed by atoms with Gasteiger partial charge in [0, 0.05) is 18.3 Å². The van der Waals surface area contributed by atoms with Gasteiger partial charge in [-0.15, -0.1) is 0 Å². The Balaban J connectivity index is 1.82. The van der Waals surface area contributed by atoms with Crippen LogP contribution < -0.4 is 20.5 Å². The molecule has 0 aromatic heterocycles. The monoisotopic (exact) mass is 286 g/mol. The van der Waals surface area contributed by atoms with Crippen LogP contribution >= 0.6 is 0 Å². The van der Waals surface area contributed by atoms with Crippen molar-refractivity contribution in [2.75, 3.05) is 30.8 Å². The van der Waals surface area contributed by atoms with Crippen molar-refractivity contribution in [3.05, 3.63) is 48.0 Å². The Kier molecular flexibility index (Phi) is 5.32. The summed E-state index contributed by atoms with van der Waals surface area (Å²) in [5, 5.41) is 3.29. The number of hydrogen-bond acceptors (Lipinski definition) is 4. The van der Waals surface area contributed by atoms with Crippen molar-refractivity contribution in [3.63, 3.8) is 0 Å². The van der Waals surface area contributed by atoms with Gasteiger partial charge in [0.25, 0.3) is 0 Å². The van der Waals surface area contributed by atoms with Gasteiger partial charge in [-0.2, -0.15) is 0 Å². The lowest BCUT2D eigenvalue weighted by molar-refractivity contribution is 0.332. The maximum Gasteiger partial charge on any atom is 0.144 e. The van der Waals surface area contributed by atoms with Gasteiger partial charge in [-0.3, -0.25) is 0 Å². The van der Waals surface area contributed by atoms with Crippen molar-refractivity contribution in [1.82, 2.24) is 0 Å². The third kappa shape index (κ3) is 4.60. The molecule has 0 aliphatic carbocycles. The minimum atomic E-state index is 0.595. The molecule has 112 valence electrons. The number of benzene rings is 2. The second-order valence-corrected chi connectivity index (χ2v) is 4.78. The largest absolute Gasteiger partial charge is 0.492 e. The van der Waals surface area contributed by atoms with E-state index >= 15 is 0 Å². The third-order valence-corrected chi connectivity index (χ3v) is 3.00. The van der Waals surface area contributed by atoms with Crippen LogP contribution in [0.3, 0.4) is 0 Å². The SMILES string of the molecule is CCOc1cc(NCCOc2cccc(C)c2)ccc1N. The molecule has 0 fully saturated rings. The molecule has 2 aromatic carbocycles. The highest BCUT2D eigenvalue weighted by Gasteiger charge is 2.01. The van der Waals surface area contributed by atoms with Gasteiger partial charge in [0.05, 0.1) is 12.3 Å². The van der Waals surface area contributed by atoms with Gasteiger partial charge in [-0.25, -0.2) is 0 Å². The zero-order valence-electron chi connectivity index (χ0n) is 12.6. The highest BCUT2D eigenvalue weighted by Crippen LogP contribution is 2.25. The molecule has 0 heterocycles. The first kappa shape index (κ1) is 15.0. The van der Waals surface area contributed by atoms with Gasteiger partial charge in [-0.05, 0) is 43.7 Å². The summed E-state index contributed by atoms with van der Waals surface area (Å²) < 4.78 is 11.2. The molecule has 0 aliphatic heterocycles. The number of aryl methyl sites for hydroxylation is 1. The summed E-state index contributed by atoms with van der Waals surface area (Å²) in [4.78, 5) is 0. The summed E-state index contributed by atoms with van der Waals surface area (Å²) in [7, 11) is 0. The van der Waals surface area contributed by atoms with Crippen molar-refractivity contribution < 1.29 is 9.47 Å². The second kappa shape index (κ2) is 7.43. The second-order valence-electron chi connectivity index (χ2n) is 4.78. The average Bonchev–Trinajstić information content (AvgIpc) is 2.47. The highest BCUT2D eigenvalue weighted by molar-refractivity contribution is 5.61. The molecule has 2 aromatic rings. The molecular weight excluding hydrogens is 264 g/mol. The summed E-state index contributed by atoms with van der Waals surface area (Å²) in [6.07, 6.45) is 0. The topological polar surface area (TPSA) is 56.5 Å². The first-order valence-electron chi connectivity index (χ1n) is 7.14. The van der Waals surface area contributed by atoms with Crippen LogP contribution in [0.5, 0.6) is 11.5 Å². The van der Waals surface area contributed by atoms with Gasteiger partial charge in [0.2, 0.25) is 0 Å². The Bertz CT molecular complexity index is 585. The quantitative estimate of drug-likeness (QED) is 0.604. The van der Waals surface area contributed by atoms with E-state index in [1.165, 1.54) is 5.56 Å². The maximum absolute atomic E-state index is 5.84. The lowest BCUT2D eigenvalue weighted by atomic mass is 10.2. The zero-order chi connectivity index (χ0) is 15.1. The van der Waals surface area contributed by atoms with Crippen LogP contribution in [0.2, 0.25) is 0 Å². The van der Waals surface area contributed by atoms with Gasteiger partial charge in [-0.1, -0.05) is 12.1 Å². The fourth-order valence-electron chi connectivity index (χ4n) is 1.99. The highest BCUT2D eigenvalue weighted by atomic mass is 16.5. The minimum absolute atomic E-state index is 0.595. The van der Waals surface area contributed by atoms with Crippen molar-refractivity contribution in [3.8, 4) is 11.5 Å². The van der Waals surface area contributed by atoms with Crippen LogP contribution in [0, 0.1) is 6.92 Å². The lowest BCUT2D eigenvalue weighted by Gasteiger charge is -2.12. The maximum atomic E-state index is 5.84. The van der Waals surface area contributed by atoms with E-state index in [2.05, 4.69) is 18.3 Å². The molecular formula is C17H22N2O2. The Morgan fingerprint density at radius 1 is 1.10 bits per heavy atom. The van der Waals surface area contributed by atoms with Crippen molar-refractivity contribution in [2.24, 2.45) is 0 Å². The van der Waals surface area contributed by atoms with Crippen LogP contribution in [0.15, 0.2) is 42.5 Å². The van der Waals surface area contributed by atoms with Crippen LogP contribution in [-0.4, -0.2) is 19.8 Å². The first-order valence-corrected chi connectivity index (χ1v) is 7.14. The fraction of sp³-hybridized carbons (Fsp3) is 0.294. The normalized spacial score (nSPS) is 10.2. The molecule has 0 amide bonds. The number of anilines is 2. The van der Waals surface area contributed by atoms with Crippen molar-refractivity contribution in [1.29, 1.82) is 0 Å². The van der Waals surface area contributed by atoms with E-state index in [1.54, 1.807) is 0 Å². The van der Waals surface area contributed by atoms with Crippen LogP contribution in [-0.2, 0) is 0 Å². The Morgan fingerprint density at radius 2 is 1.95 bits per heavy atom. The van der Waals surface area contributed by atoms with Gasteiger partial charge in [0.1, 0.15) is 18.1 Å². The smallest absolute Gasteiger partial charge is 0.144 e. The fourth-order valence-corrected chi connectivity index (χ4v) is 1.99. The predicted molar refractivity (Wildman–Crippen MR) is 87.2 cm³/mol. The molecule has 3 N–H and O–H groups in total. The van der Waals surface area contributed by atoms with Gasteiger partial charge in [0.15, 0.2) is 0 Å². The molecule has 0 aliphatic rings. The minimum Gasteiger partial charge on any atom is -0.492 e. The third-order valence-electron chi connectivity index (χ3n) is 3.00. The summed E-state index contributed by atoms with van der Waals surface area (Å²) in [6, 6.07) is 13.7. The zero-order valence-corrected chi connectivity index (χ0v) is 12.6. The number of nitrogen functional groups attached to an aromatic ring is 1. The molecule has 0 spiro atoms. The Labute approximate surface area is 125 Å². The molecule has 0 saturated carbocycles. The van der Waals surface area contributed by atoms with Crippen LogP contribution in [0.1, 0.15) is 12.5 Å². The Morgan fingerprint density at radius 3 is 2.71 bits per heavy atom. The molecule has 2 rings (SSSR count). The van der Waals surface area contributed by atoms with E-state index in [-0.39, 0.29) is 0 Å². The van der Waals surface area contributed by atoms with E-state index in [4.69, 9.17) is 15.2 Å². The summed E-state index contributed by atoms with van der Waals surface area (Å²) in [5.41, 5.74) is 8.66. The summed E-state index contributed by atoms with van der Waals surface area (Å²) in [5.74, 6) is 1.60. The number of ether oxygens (including phenoxy) is 2. The molecule has 4 heteroatoms. The number of rotatable bonds is 7. The molecule has 0 unspecified atom stereocenters. The Hall–Kier alpha value is -2.36. The molecule has 0 saturated heterocycles. The van der Waals surface area contributed by atoms with E-state index in [9.17, 15) is 0 Å². The number of nitrogens with one attached hydrogen (secondary N) is 1. The molecule has 4 nitrogen and oxygen atoms in total. The summed E-state index contributed by atoms with van der Waals surface area (Å²) in [6.45, 7) is 5.90. The van der Waals surface area contributed by atoms with Crippen molar-refractivity contribution in [2.45, 2.75) is 13.8 Å². The number of nitrogens with two attached hydrogens (primary N) is 1. The van der Waals surface area contributed by atoms with E-state index in [1.807, 2.05) is 43.3 Å². The van der Waals surface area contributed by atoms with E-state index in [0.717, 1.165) is 11.4 Å². The molecule has 0 atom stereocenters. The standard InChI is InChI=1S/C17H22N2O2/c1-3-20-17-12-14(7-8-16(17)18)19-9-10-21-15-6-4-5-13(2)11-15/h4-8,11-12,19H,3,9-10,18H2,1-2H3. The van der Waals surface area contributed by atoms with E-state index in [0.29, 0.717) is 31.2 Å². The van der Waals surface area contributed by atoms with Crippen LogP contribution in [0.25, 0.3) is 0 Å². The lowest BCUT2D eigenvalue weighted by Crippen LogP contribution is -2.11. The number of hydrogen-bond donors (Lipinski definition) is 2. The van der Waals surface area contributed by atoms with Crippen molar-refractivity contribution >= 4 is 11.4 Å². The summed E-state index contributed by atoms with van der Waals surface area (Å²) >= 11 is 0. The van der Waals surface area contributed by atoms with Crippen LogP contribution in [0.4, 0.5) is 11.4 Å². The first-order chi connectivity index (χ1) is 10.2. The van der Waals surface area contributed by atoms with Gasteiger partial charge >= 0.3 is 0 Å². The average molecular weight is 286 g/mol. The van der Waals surface area contributed by atoms with E-state index < -0.39 is 0 Å². The molecule has 0 radical (unpaired) electrons. The molecule has 21 heavy (non-hydrogen) atoms. The predicted octanol–water partition coefficient (Wildman–Crippen LogP) is 3.47. The van der Waals surface area contributed by atoms with Gasteiger partial charge < -0.3 is 20.5 Å². The molecule has 0 bridgehead atoms.